The number of carbonyl (C=O) groups is 1. The van der Waals surface area contributed by atoms with Gasteiger partial charge < -0.3 is 14.2 Å². The Hall–Kier alpha value is -2.22. The average Bonchev–Trinajstić information content (AvgIpc) is 3.45. The first-order valence-corrected chi connectivity index (χ1v) is 11.0. The number of nitrogens with zero attached hydrogens (tertiary/aromatic N) is 3. The summed E-state index contributed by atoms with van der Waals surface area (Å²) in [4.78, 5) is 21.2. The van der Waals surface area contributed by atoms with Crippen molar-refractivity contribution in [3.63, 3.8) is 0 Å². The molecular formula is C22H25ClF3N3O2. The van der Waals surface area contributed by atoms with Crippen molar-refractivity contribution in [3.05, 3.63) is 47.0 Å². The van der Waals surface area contributed by atoms with Crippen LogP contribution in [-0.4, -0.2) is 34.9 Å². The monoisotopic (exact) mass is 455 g/mol. The van der Waals surface area contributed by atoms with E-state index in [1.165, 1.54) is 0 Å². The van der Waals surface area contributed by atoms with Crippen molar-refractivity contribution in [1.29, 1.82) is 0 Å². The highest BCUT2D eigenvalue weighted by molar-refractivity contribution is 6.33. The van der Waals surface area contributed by atoms with E-state index in [-0.39, 0.29) is 22.9 Å². The van der Waals surface area contributed by atoms with Gasteiger partial charge in [-0.3, -0.25) is 4.79 Å². The fraction of sp³-hybridized carbons (Fsp3) is 0.545. The van der Waals surface area contributed by atoms with Crippen molar-refractivity contribution >= 4 is 23.3 Å². The average molecular weight is 456 g/mol. The van der Waals surface area contributed by atoms with Crippen molar-refractivity contribution in [1.82, 2.24) is 9.88 Å². The number of hydrogen-bond donors (Lipinski definition) is 0. The Labute approximate surface area is 184 Å². The molecule has 2 aromatic heterocycles. The highest BCUT2D eigenvalue weighted by Gasteiger charge is 2.35. The maximum absolute atomic E-state index is 13.4. The zero-order chi connectivity index (χ0) is 22.0. The molecule has 1 saturated heterocycles. The van der Waals surface area contributed by atoms with Crippen molar-refractivity contribution in [3.8, 4) is 0 Å². The van der Waals surface area contributed by atoms with Crippen molar-refractivity contribution < 1.29 is 22.4 Å². The molecule has 3 heterocycles. The van der Waals surface area contributed by atoms with Gasteiger partial charge in [0, 0.05) is 31.2 Å². The number of halogens is 4. The quantitative estimate of drug-likeness (QED) is 0.594. The molecule has 31 heavy (non-hydrogen) atoms. The maximum Gasteiger partial charge on any atom is 0.417 e. The summed E-state index contributed by atoms with van der Waals surface area (Å²) in [6.45, 7) is 1.52. The van der Waals surface area contributed by atoms with E-state index in [1.54, 1.807) is 6.26 Å². The summed E-state index contributed by atoms with van der Waals surface area (Å²) in [6.07, 6.45) is 3.44. The van der Waals surface area contributed by atoms with E-state index >= 15 is 0 Å². The Kier molecular flexibility index (Phi) is 6.46. The first kappa shape index (κ1) is 22.0. The van der Waals surface area contributed by atoms with Crippen LogP contribution in [0.1, 0.15) is 49.8 Å². The van der Waals surface area contributed by atoms with E-state index in [0.717, 1.165) is 43.7 Å². The Morgan fingerprint density at radius 3 is 2.52 bits per heavy atom. The molecule has 2 aliphatic rings. The largest absolute Gasteiger partial charge is 0.467 e. The Morgan fingerprint density at radius 1 is 1.23 bits per heavy atom. The zero-order valence-electron chi connectivity index (χ0n) is 17.1. The standard InChI is InChI=1S/C22H25ClF3N3O2/c23-19-12-16(22(24,25)26)13-27-20(19)28-9-7-15(8-10-28)21(30)29(17-4-1-2-5-17)14-18-6-3-11-31-18/h3,6,11-13,15,17H,1-2,4-5,7-10,14H2. The van der Waals surface area contributed by atoms with E-state index < -0.39 is 11.7 Å². The molecule has 9 heteroatoms. The van der Waals surface area contributed by atoms with Gasteiger partial charge in [-0.2, -0.15) is 13.2 Å². The molecular weight excluding hydrogens is 431 g/mol. The van der Waals surface area contributed by atoms with E-state index in [1.807, 2.05) is 21.9 Å². The zero-order valence-corrected chi connectivity index (χ0v) is 17.8. The minimum Gasteiger partial charge on any atom is -0.467 e. The van der Waals surface area contributed by atoms with Crippen LogP contribution in [0.25, 0.3) is 0 Å². The second-order valence-corrected chi connectivity index (χ2v) is 8.68. The van der Waals surface area contributed by atoms with Crippen LogP contribution in [0.15, 0.2) is 35.1 Å². The SMILES string of the molecule is O=C(C1CCN(c2ncc(C(F)(F)F)cc2Cl)CC1)N(Cc1ccco1)C1CCCC1. The van der Waals surface area contributed by atoms with Crippen LogP contribution in [0.2, 0.25) is 5.02 Å². The molecule has 5 nitrogen and oxygen atoms in total. The number of alkyl halides is 3. The molecule has 0 bridgehead atoms. The van der Waals surface area contributed by atoms with Crippen LogP contribution in [-0.2, 0) is 17.5 Å². The lowest BCUT2D eigenvalue weighted by Crippen LogP contribution is -2.46. The highest BCUT2D eigenvalue weighted by Crippen LogP contribution is 2.35. The summed E-state index contributed by atoms with van der Waals surface area (Å²) in [5.41, 5.74) is -0.864. The minimum absolute atomic E-state index is 0.0231. The second kappa shape index (κ2) is 9.10. The number of aromatic nitrogens is 1. The second-order valence-electron chi connectivity index (χ2n) is 8.27. The molecule has 0 atom stereocenters. The molecule has 1 aliphatic heterocycles. The summed E-state index contributed by atoms with van der Waals surface area (Å²) in [5, 5.41) is -0.0231. The summed E-state index contributed by atoms with van der Waals surface area (Å²) < 4.78 is 44.1. The van der Waals surface area contributed by atoms with Gasteiger partial charge in [0.15, 0.2) is 0 Å². The van der Waals surface area contributed by atoms with Gasteiger partial charge in [-0.05, 0) is 43.9 Å². The van der Waals surface area contributed by atoms with Gasteiger partial charge in [0.05, 0.1) is 23.4 Å². The number of furan rings is 1. The van der Waals surface area contributed by atoms with Crippen molar-refractivity contribution in [2.24, 2.45) is 5.92 Å². The summed E-state index contributed by atoms with van der Waals surface area (Å²) >= 11 is 6.09. The molecule has 1 amide bonds. The number of anilines is 1. The van der Waals surface area contributed by atoms with Gasteiger partial charge in [0.1, 0.15) is 11.6 Å². The van der Waals surface area contributed by atoms with Crippen molar-refractivity contribution in [2.75, 3.05) is 18.0 Å². The van der Waals surface area contributed by atoms with Gasteiger partial charge in [0.2, 0.25) is 5.91 Å². The molecule has 0 radical (unpaired) electrons. The molecule has 0 aromatic carbocycles. The predicted octanol–water partition coefficient (Wildman–Crippen LogP) is 5.53. The number of amides is 1. The summed E-state index contributed by atoms with van der Waals surface area (Å²) in [5.74, 6) is 1.12. The molecule has 2 aromatic rings. The van der Waals surface area contributed by atoms with Gasteiger partial charge in [-0.1, -0.05) is 24.4 Å². The molecule has 168 valence electrons. The number of pyridine rings is 1. The molecule has 0 N–H and O–H groups in total. The van der Waals surface area contributed by atoms with Gasteiger partial charge in [-0.25, -0.2) is 4.98 Å². The first-order valence-electron chi connectivity index (χ1n) is 10.6. The number of carbonyl (C=O) groups excluding carboxylic acids is 1. The molecule has 0 spiro atoms. The van der Waals surface area contributed by atoms with Crippen LogP contribution in [0.3, 0.4) is 0 Å². The van der Waals surface area contributed by atoms with Crippen LogP contribution < -0.4 is 4.90 Å². The van der Waals surface area contributed by atoms with Gasteiger partial charge >= 0.3 is 6.18 Å². The van der Waals surface area contributed by atoms with E-state index in [0.29, 0.717) is 38.3 Å². The Bertz CT molecular complexity index is 890. The molecule has 0 unspecified atom stereocenters. The topological polar surface area (TPSA) is 49.6 Å². The molecule has 2 fully saturated rings. The fourth-order valence-electron chi connectivity index (χ4n) is 4.56. The third kappa shape index (κ3) is 5.00. The van der Waals surface area contributed by atoms with E-state index in [9.17, 15) is 18.0 Å². The fourth-order valence-corrected chi connectivity index (χ4v) is 4.85. The van der Waals surface area contributed by atoms with Crippen LogP contribution in [0, 0.1) is 5.92 Å². The van der Waals surface area contributed by atoms with Crippen LogP contribution in [0.4, 0.5) is 19.0 Å². The van der Waals surface area contributed by atoms with Gasteiger partial charge in [-0.15, -0.1) is 0 Å². The first-order chi connectivity index (χ1) is 14.8. The third-order valence-corrected chi connectivity index (χ3v) is 6.53. The Morgan fingerprint density at radius 2 is 1.94 bits per heavy atom. The van der Waals surface area contributed by atoms with E-state index in [4.69, 9.17) is 16.0 Å². The van der Waals surface area contributed by atoms with Crippen LogP contribution in [0.5, 0.6) is 0 Å². The Balaban J connectivity index is 1.41. The lowest BCUT2D eigenvalue weighted by Gasteiger charge is -2.37. The number of rotatable bonds is 5. The summed E-state index contributed by atoms with van der Waals surface area (Å²) in [6, 6.07) is 4.86. The molecule has 1 aliphatic carbocycles. The van der Waals surface area contributed by atoms with Crippen molar-refractivity contribution in [2.45, 2.75) is 57.3 Å². The van der Waals surface area contributed by atoms with Crippen LogP contribution >= 0.6 is 11.6 Å². The highest BCUT2D eigenvalue weighted by atomic mass is 35.5. The lowest BCUT2D eigenvalue weighted by molar-refractivity contribution is -0.140. The third-order valence-electron chi connectivity index (χ3n) is 6.25. The minimum atomic E-state index is -4.48. The number of piperidine rings is 1. The normalized spacial score (nSPS) is 18.5. The van der Waals surface area contributed by atoms with E-state index in [2.05, 4.69) is 4.98 Å². The summed E-state index contributed by atoms with van der Waals surface area (Å²) in [7, 11) is 0. The maximum atomic E-state index is 13.4. The number of hydrogen-bond acceptors (Lipinski definition) is 4. The lowest BCUT2D eigenvalue weighted by atomic mass is 9.94. The predicted molar refractivity (Wildman–Crippen MR) is 111 cm³/mol. The van der Waals surface area contributed by atoms with Gasteiger partial charge in [0.25, 0.3) is 0 Å². The smallest absolute Gasteiger partial charge is 0.417 e. The molecule has 1 saturated carbocycles. The molecule has 4 rings (SSSR count).